The molecule has 1 N–H and O–H groups in total. The topological polar surface area (TPSA) is 86.9 Å². The van der Waals surface area contributed by atoms with Gasteiger partial charge in [0.05, 0.1) is 15.9 Å². The number of hydrogen-bond donors (Lipinski definition) is 1. The van der Waals surface area contributed by atoms with E-state index in [-0.39, 0.29) is 11.6 Å². The van der Waals surface area contributed by atoms with E-state index in [1.54, 1.807) is 17.0 Å². The molecule has 27 heavy (non-hydrogen) atoms. The number of amides is 1. The molecular weight excluding hydrogens is 366 g/mol. The van der Waals surface area contributed by atoms with Gasteiger partial charge in [-0.1, -0.05) is 24.3 Å². The van der Waals surface area contributed by atoms with E-state index >= 15 is 0 Å². The van der Waals surface area contributed by atoms with Crippen LogP contribution in [0.25, 0.3) is 0 Å². The molecule has 0 aliphatic carbocycles. The van der Waals surface area contributed by atoms with Crippen LogP contribution in [0.3, 0.4) is 0 Å². The van der Waals surface area contributed by atoms with Crippen molar-refractivity contribution in [2.24, 2.45) is 0 Å². The first-order valence-electron chi connectivity index (χ1n) is 8.52. The van der Waals surface area contributed by atoms with Crippen LogP contribution in [0.4, 0.5) is 11.4 Å². The minimum absolute atomic E-state index is 0.0220. The fraction of sp³-hybridized carbons (Fsp3) is 0.316. The van der Waals surface area contributed by atoms with Crippen LogP contribution in [0.5, 0.6) is 0 Å². The number of aliphatic hydroxyl groups excluding tert-OH is 1. The minimum Gasteiger partial charge on any atom is -0.382 e. The molecule has 0 unspecified atom stereocenters. The van der Waals surface area contributed by atoms with Crippen molar-refractivity contribution in [1.82, 2.24) is 4.90 Å². The van der Waals surface area contributed by atoms with Crippen LogP contribution in [-0.4, -0.2) is 54.1 Å². The van der Waals surface area contributed by atoms with Crippen LogP contribution >= 0.6 is 11.8 Å². The summed E-state index contributed by atoms with van der Waals surface area (Å²) in [6.07, 6.45) is -1.24. The van der Waals surface area contributed by atoms with Crippen molar-refractivity contribution in [2.75, 3.05) is 32.1 Å². The number of thioether (sulfide) groups is 1. The molecule has 2 atom stereocenters. The maximum Gasteiger partial charge on any atom is 0.269 e. The van der Waals surface area contributed by atoms with Gasteiger partial charge in [-0.15, -0.1) is 11.8 Å². The third-order valence-electron chi connectivity index (χ3n) is 4.42. The maximum atomic E-state index is 13.0. The van der Waals surface area contributed by atoms with E-state index in [4.69, 9.17) is 0 Å². The van der Waals surface area contributed by atoms with Crippen LogP contribution < -0.4 is 4.90 Å². The molecule has 2 aromatic rings. The van der Waals surface area contributed by atoms with Gasteiger partial charge in [0, 0.05) is 30.1 Å². The summed E-state index contributed by atoms with van der Waals surface area (Å²) in [4.78, 5) is 27.9. The van der Waals surface area contributed by atoms with Crippen molar-refractivity contribution >= 4 is 29.0 Å². The zero-order valence-electron chi connectivity index (χ0n) is 15.1. The lowest BCUT2D eigenvalue weighted by Crippen LogP contribution is -2.43. The SMILES string of the molecule is CN(C)CCN1C(=O)[C@H](O)[C@H](c2ccc([N+](=O)[O-])cc2)Sc2ccccc21. The van der Waals surface area contributed by atoms with Gasteiger partial charge in [-0.05, 0) is 31.8 Å². The summed E-state index contributed by atoms with van der Waals surface area (Å²) < 4.78 is 0. The molecule has 0 radical (unpaired) electrons. The Morgan fingerprint density at radius 3 is 2.48 bits per heavy atom. The number of rotatable bonds is 5. The van der Waals surface area contributed by atoms with Gasteiger partial charge in [0.15, 0.2) is 0 Å². The summed E-state index contributed by atoms with van der Waals surface area (Å²) in [6.45, 7) is 1.13. The highest BCUT2D eigenvalue weighted by Gasteiger charge is 2.37. The Morgan fingerprint density at radius 2 is 1.85 bits per heavy atom. The Morgan fingerprint density at radius 1 is 1.19 bits per heavy atom. The first kappa shape index (κ1) is 19.3. The summed E-state index contributed by atoms with van der Waals surface area (Å²) in [6, 6.07) is 13.6. The average Bonchev–Trinajstić information content (AvgIpc) is 2.76. The number of carbonyl (C=O) groups excluding carboxylic acids is 1. The number of aliphatic hydroxyl groups is 1. The second kappa shape index (κ2) is 8.08. The summed E-state index contributed by atoms with van der Waals surface area (Å²) in [5.74, 6) is -0.363. The van der Waals surface area contributed by atoms with Crippen molar-refractivity contribution < 1.29 is 14.8 Å². The van der Waals surface area contributed by atoms with E-state index in [2.05, 4.69) is 0 Å². The molecule has 1 amide bonds. The number of para-hydroxylation sites is 1. The number of nitro groups is 1. The van der Waals surface area contributed by atoms with E-state index in [9.17, 15) is 20.0 Å². The highest BCUT2D eigenvalue weighted by Crippen LogP contribution is 2.45. The highest BCUT2D eigenvalue weighted by atomic mass is 32.2. The van der Waals surface area contributed by atoms with Gasteiger partial charge < -0.3 is 14.9 Å². The fourth-order valence-electron chi connectivity index (χ4n) is 2.96. The van der Waals surface area contributed by atoms with Crippen LogP contribution in [0.1, 0.15) is 10.8 Å². The van der Waals surface area contributed by atoms with E-state index in [1.165, 1.54) is 23.9 Å². The van der Waals surface area contributed by atoms with E-state index in [0.29, 0.717) is 18.7 Å². The Hall–Kier alpha value is -2.42. The second-order valence-electron chi connectivity index (χ2n) is 6.59. The fourth-order valence-corrected chi connectivity index (χ4v) is 4.22. The zero-order valence-corrected chi connectivity index (χ0v) is 15.9. The van der Waals surface area contributed by atoms with Gasteiger partial charge in [-0.25, -0.2) is 0 Å². The Bertz CT molecular complexity index is 841. The molecule has 3 rings (SSSR count). The number of non-ortho nitro benzene ring substituents is 1. The Kier molecular flexibility index (Phi) is 5.79. The first-order valence-corrected chi connectivity index (χ1v) is 9.40. The van der Waals surface area contributed by atoms with Crippen molar-refractivity contribution in [1.29, 1.82) is 0 Å². The van der Waals surface area contributed by atoms with Gasteiger partial charge in [0.25, 0.3) is 11.6 Å². The summed E-state index contributed by atoms with van der Waals surface area (Å²) in [5, 5.41) is 21.1. The van der Waals surface area contributed by atoms with Crippen LogP contribution in [0.15, 0.2) is 53.4 Å². The van der Waals surface area contributed by atoms with Crippen molar-refractivity contribution in [3.8, 4) is 0 Å². The number of nitrogens with zero attached hydrogens (tertiary/aromatic N) is 3. The lowest BCUT2D eigenvalue weighted by Gasteiger charge is -2.26. The molecule has 1 aliphatic rings. The summed E-state index contributed by atoms with van der Waals surface area (Å²) >= 11 is 1.40. The van der Waals surface area contributed by atoms with Crippen molar-refractivity contribution in [3.63, 3.8) is 0 Å². The van der Waals surface area contributed by atoms with Gasteiger partial charge in [0.1, 0.15) is 6.10 Å². The average molecular weight is 387 g/mol. The molecule has 0 bridgehead atoms. The van der Waals surface area contributed by atoms with Crippen LogP contribution in [0.2, 0.25) is 0 Å². The first-order chi connectivity index (χ1) is 12.9. The number of hydrogen-bond acceptors (Lipinski definition) is 6. The van der Waals surface area contributed by atoms with Crippen molar-refractivity contribution in [2.45, 2.75) is 16.2 Å². The van der Waals surface area contributed by atoms with E-state index in [1.807, 2.05) is 43.3 Å². The third kappa shape index (κ3) is 4.13. The molecule has 7 nitrogen and oxygen atoms in total. The van der Waals surface area contributed by atoms with Crippen LogP contribution in [-0.2, 0) is 4.79 Å². The largest absolute Gasteiger partial charge is 0.382 e. The Labute approximate surface area is 161 Å². The molecule has 142 valence electrons. The third-order valence-corrected chi connectivity index (χ3v) is 5.80. The monoisotopic (exact) mass is 387 g/mol. The Balaban J connectivity index is 1.97. The zero-order chi connectivity index (χ0) is 19.6. The number of fused-ring (bicyclic) bond motifs is 1. The number of nitro benzene ring substituents is 1. The molecule has 2 aromatic carbocycles. The van der Waals surface area contributed by atoms with Gasteiger partial charge >= 0.3 is 0 Å². The van der Waals surface area contributed by atoms with Crippen LogP contribution in [0, 0.1) is 10.1 Å². The quantitative estimate of drug-likeness (QED) is 0.627. The van der Waals surface area contributed by atoms with Gasteiger partial charge in [0.2, 0.25) is 0 Å². The van der Waals surface area contributed by atoms with Gasteiger partial charge in [-0.3, -0.25) is 14.9 Å². The smallest absolute Gasteiger partial charge is 0.269 e. The molecule has 1 heterocycles. The normalized spacial score (nSPS) is 19.7. The minimum atomic E-state index is -1.24. The van der Waals surface area contributed by atoms with E-state index in [0.717, 1.165) is 10.6 Å². The molecular formula is C19H21N3O4S. The summed E-state index contributed by atoms with van der Waals surface area (Å²) in [5.41, 5.74) is 1.43. The number of likely N-dealkylation sites (N-methyl/N-ethyl adjacent to an activating group) is 1. The molecule has 0 spiro atoms. The second-order valence-corrected chi connectivity index (χ2v) is 7.78. The molecule has 8 heteroatoms. The standard InChI is InChI=1S/C19H21N3O4S/c1-20(2)11-12-21-15-5-3-4-6-16(15)27-18(17(23)19(21)24)13-7-9-14(10-8-13)22(25)26/h3-10,17-18,23H,11-12H2,1-2H3/t17-,18+/m1/s1. The van der Waals surface area contributed by atoms with Crippen molar-refractivity contribution in [3.05, 3.63) is 64.2 Å². The number of benzene rings is 2. The number of anilines is 1. The molecule has 0 aromatic heterocycles. The molecule has 0 saturated heterocycles. The lowest BCUT2D eigenvalue weighted by atomic mass is 10.1. The molecule has 0 saturated carbocycles. The maximum absolute atomic E-state index is 13.0. The molecule has 0 fully saturated rings. The van der Waals surface area contributed by atoms with Gasteiger partial charge in [-0.2, -0.15) is 0 Å². The highest BCUT2D eigenvalue weighted by molar-refractivity contribution is 7.99. The predicted octanol–water partition coefficient (Wildman–Crippen LogP) is 2.70. The number of carbonyl (C=O) groups is 1. The predicted molar refractivity (Wildman–Crippen MR) is 105 cm³/mol. The summed E-state index contributed by atoms with van der Waals surface area (Å²) in [7, 11) is 3.86. The van der Waals surface area contributed by atoms with E-state index < -0.39 is 16.3 Å². The molecule has 1 aliphatic heterocycles. The lowest BCUT2D eigenvalue weighted by molar-refractivity contribution is -0.384.